The molecule has 0 spiro atoms. The van der Waals surface area contributed by atoms with Gasteiger partial charge in [0.15, 0.2) is 0 Å². The van der Waals surface area contributed by atoms with E-state index in [9.17, 15) is 0 Å². The van der Waals surface area contributed by atoms with Crippen LogP contribution < -0.4 is 0 Å². The monoisotopic (exact) mass is 607 g/mol. The van der Waals surface area contributed by atoms with Crippen molar-refractivity contribution in [2.75, 3.05) is 0 Å². The number of rotatable bonds is 1. The third kappa shape index (κ3) is 9510. The van der Waals surface area contributed by atoms with E-state index < -0.39 is 0 Å². The molecule has 1 N–H and O–H groups in total. The number of aliphatic hydroxyl groups is 1. The SMILES string of the molecule is CC[C-](C)O.[Rf].[Rf]. The molecule has 7 heavy (non-hydrogen) atoms. The van der Waals surface area contributed by atoms with Gasteiger partial charge in [0.05, 0.1) is 0 Å². The van der Waals surface area contributed by atoms with Gasteiger partial charge in [-0.3, -0.25) is 0 Å². The summed E-state index contributed by atoms with van der Waals surface area (Å²) in [6.07, 6.45) is 1.28. The summed E-state index contributed by atoms with van der Waals surface area (Å²) in [4.78, 5) is 0. The third-order valence-electron chi connectivity index (χ3n) is 0.512. The van der Waals surface area contributed by atoms with E-state index in [0.29, 0.717) is 6.10 Å². The molecule has 0 bridgehead atoms. The van der Waals surface area contributed by atoms with Crippen LogP contribution in [0.5, 0.6) is 0 Å². The smallest absolute Gasteiger partial charge is 0 e. The molecule has 0 saturated carbocycles. The van der Waals surface area contributed by atoms with Crippen LogP contribution in [0, 0.1) is 6.10 Å². The summed E-state index contributed by atoms with van der Waals surface area (Å²) in [7, 11) is 0. The normalized spacial score (nSPS) is 6.86. The Morgan fingerprint density at radius 3 is 1.57 bits per heavy atom. The molecule has 1 nitrogen and oxygen atoms in total. The molecule has 3 heteroatoms. The Balaban J connectivity index is -0.0000000800. The zero-order valence-corrected chi connectivity index (χ0v) is 17.9. The van der Waals surface area contributed by atoms with Gasteiger partial charge >= 0.3 is 0 Å². The molecule has 0 aromatic heterocycles. The topological polar surface area (TPSA) is 20.2 Å². The first-order chi connectivity index (χ1) is 2.27. The molecule has 36 valence electrons. The van der Waals surface area contributed by atoms with Crippen molar-refractivity contribution in [3.8, 4) is 0 Å². The minimum Gasteiger partial charge on any atom is -0.563 e. The van der Waals surface area contributed by atoms with E-state index in [-0.39, 0.29) is 0 Å². The summed E-state index contributed by atoms with van der Waals surface area (Å²) < 4.78 is 0. The summed E-state index contributed by atoms with van der Waals surface area (Å²) in [6, 6.07) is 0. The van der Waals surface area contributed by atoms with Gasteiger partial charge in [0.1, 0.15) is 0 Å². The van der Waals surface area contributed by atoms with Crippen LogP contribution in [0.4, 0.5) is 0 Å². The Kier molecular flexibility index (Phi) is 26.1. The van der Waals surface area contributed by atoms with Gasteiger partial charge in [0.25, 0.3) is 0 Å². The first-order valence-electron chi connectivity index (χ1n) is 1.78. The van der Waals surface area contributed by atoms with E-state index in [0.717, 1.165) is 6.42 Å². The van der Waals surface area contributed by atoms with Crippen molar-refractivity contribution in [1.29, 1.82) is 0 Å². The molecule has 0 aliphatic heterocycles. The molecule has 0 atom stereocenters. The Morgan fingerprint density at radius 2 is 1.57 bits per heavy atom. The predicted octanol–water partition coefficient (Wildman–Crippen LogP) is 1.32. The van der Waals surface area contributed by atoms with Gasteiger partial charge in [-0.15, -0.1) is 0 Å². The minimum atomic E-state index is 0. The molecule has 0 rings (SSSR count). The van der Waals surface area contributed by atoms with Gasteiger partial charge in [-0.05, 0) is 0 Å². The molecule has 0 unspecified atom stereocenters. The minimum absolute atomic E-state index is 0. The van der Waals surface area contributed by atoms with E-state index in [4.69, 9.17) is 5.11 Å². The van der Waals surface area contributed by atoms with Crippen molar-refractivity contribution < 1.29 is 5.11 Å². The van der Waals surface area contributed by atoms with Crippen LogP contribution in [0.1, 0.15) is 20.3 Å². The maximum Gasteiger partial charge on any atom is 0 e. The fourth-order valence-corrected chi connectivity index (χ4v) is 0. The van der Waals surface area contributed by atoms with Crippen LogP contribution in [-0.4, -0.2) is 5.11 Å². The zero-order chi connectivity index (χ0) is 4.28. The molecule has 0 aromatic carbocycles. The molecule has 0 aliphatic rings. The molecule has 0 amide bonds. The van der Waals surface area contributed by atoms with Crippen LogP contribution in [0.3, 0.4) is 0 Å². The van der Waals surface area contributed by atoms with Crippen molar-refractivity contribution >= 4 is 0 Å². The fraction of sp³-hybridized carbons (Fsp3) is 0.750. The standard InChI is InChI=1S/C4H9O.2Rf/c1-3-4(2)5;;/h5H,3H2,1-2H3;;/q-1;;. The molecule has 0 aromatic rings. The van der Waals surface area contributed by atoms with Gasteiger partial charge in [-0.2, -0.15) is 13.3 Å². The van der Waals surface area contributed by atoms with Crippen LogP contribution >= 0.6 is 0 Å². The summed E-state index contributed by atoms with van der Waals surface area (Å²) >= 11 is 0. The van der Waals surface area contributed by atoms with E-state index >= 15 is 0 Å². The quantitative estimate of drug-likeness (QED) is 0.447. The van der Waals surface area contributed by atoms with E-state index in [2.05, 4.69) is 0 Å². The van der Waals surface area contributed by atoms with Crippen LogP contribution in [0.2, 0.25) is 0 Å². The van der Waals surface area contributed by atoms with Gasteiger partial charge < -0.3 is 5.11 Å². The van der Waals surface area contributed by atoms with Crippen molar-refractivity contribution in [1.82, 2.24) is 0 Å². The van der Waals surface area contributed by atoms with Crippen LogP contribution in [0.15, 0.2) is 0 Å². The van der Waals surface area contributed by atoms with Gasteiger partial charge in [0, 0.05) is 0 Å². The Morgan fingerprint density at radius 1 is 1.43 bits per heavy atom. The van der Waals surface area contributed by atoms with Crippen LogP contribution in [-0.2, 0) is 0 Å². The second-order valence-corrected chi connectivity index (χ2v) is 1.09. The van der Waals surface area contributed by atoms with Gasteiger partial charge in [0.2, 0.25) is 0 Å². The maximum absolute atomic E-state index is 8.28. The average Bonchev–Trinajstić information content (AvgIpc) is 1.38. The third-order valence-corrected chi connectivity index (χ3v) is 0.512. The Hall–Kier alpha value is -2.04. The molecule has 0 fully saturated rings. The largest absolute Gasteiger partial charge is 0.563 e. The second-order valence-electron chi connectivity index (χ2n) is 1.09. The number of hydrogen-bond donors (Lipinski definition) is 1. The maximum atomic E-state index is 8.28. The molecular formula is C4H9ORf2-. The second kappa shape index (κ2) is 9.03. The fourth-order valence-electron chi connectivity index (χ4n) is 0. The summed E-state index contributed by atoms with van der Waals surface area (Å²) in [5.74, 6) is 0. The summed E-state index contributed by atoms with van der Waals surface area (Å²) in [6.45, 7) is 3.61. The molecule has 0 saturated heterocycles. The Bertz CT molecular complexity index is 23.7. The van der Waals surface area contributed by atoms with Crippen LogP contribution in [0.25, 0.3) is 0 Å². The van der Waals surface area contributed by atoms with Crippen molar-refractivity contribution in [2.45, 2.75) is 20.3 Å². The van der Waals surface area contributed by atoms with Crippen molar-refractivity contribution in [3.05, 3.63) is 6.10 Å². The molecule has 0 heterocycles. The zero-order valence-electron chi connectivity index (χ0n) is 5.07. The van der Waals surface area contributed by atoms with E-state index in [1.165, 1.54) is 0 Å². The molecule has 0 radical (unpaired) electrons. The van der Waals surface area contributed by atoms with E-state index in [1.54, 1.807) is 6.92 Å². The summed E-state index contributed by atoms with van der Waals surface area (Å²) in [5.41, 5.74) is 0. The molecule has 0 aliphatic carbocycles. The first-order valence-corrected chi connectivity index (χ1v) is 1.78. The van der Waals surface area contributed by atoms with Gasteiger partial charge in [-0.25, -0.2) is 6.10 Å². The molecular weight excluding hydrogens is 598 g/mol. The predicted molar refractivity (Wildman–Crippen MR) is 21.1 cm³/mol. The Labute approximate surface area is 32.6 Å². The van der Waals surface area contributed by atoms with Gasteiger partial charge in [-0.1, -0.05) is 6.92 Å². The van der Waals surface area contributed by atoms with Crippen molar-refractivity contribution in [2.24, 2.45) is 0 Å². The average molecular weight is 607 g/mol. The van der Waals surface area contributed by atoms with Crippen molar-refractivity contribution in [3.63, 3.8) is 0 Å². The summed E-state index contributed by atoms with van der Waals surface area (Å²) in [5, 5.41) is 8.28. The number of aliphatic hydroxyl groups excluding tert-OH is 1. The number of hydrogen-bond acceptors (Lipinski definition) is 1. The van der Waals surface area contributed by atoms with E-state index in [1.807, 2.05) is 6.92 Å². The first kappa shape index (κ1) is 20.2.